The van der Waals surface area contributed by atoms with Crippen molar-refractivity contribution in [2.75, 3.05) is 6.61 Å². The molecule has 0 N–H and O–H groups in total. The Balaban J connectivity index is 1.45. The maximum Gasteiger partial charge on any atom is 0.346 e. The molecular weight excluding hydrogens is 452 g/mol. The molecule has 0 fully saturated rings. The number of hydrogen-bond donors (Lipinski definition) is 0. The molecule has 0 heterocycles. The monoisotopic (exact) mass is 486 g/mol. The lowest BCUT2D eigenvalue weighted by atomic mass is 10.1. The van der Waals surface area contributed by atoms with Crippen LogP contribution in [-0.4, -0.2) is 24.5 Å². The highest BCUT2D eigenvalue weighted by Gasteiger charge is 2.15. The van der Waals surface area contributed by atoms with Crippen molar-refractivity contribution in [1.82, 2.24) is 0 Å². The second-order valence-corrected chi connectivity index (χ2v) is 8.86. The number of esters is 3. The van der Waals surface area contributed by atoms with Crippen LogP contribution in [0.25, 0.3) is 0 Å². The van der Waals surface area contributed by atoms with Crippen LogP contribution in [0.2, 0.25) is 0 Å². The van der Waals surface area contributed by atoms with Crippen molar-refractivity contribution in [2.24, 2.45) is 0 Å². The van der Waals surface area contributed by atoms with Gasteiger partial charge >= 0.3 is 17.9 Å². The van der Waals surface area contributed by atoms with Crippen LogP contribution >= 0.6 is 0 Å². The van der Waals surface area contributed by atoms with Crippen LogP contribution in [-0.2, 0) is 28.7 Å². The summed E-state index contributed by atoms with van der Waals surface area (Å²) in [6.07, 6.45) is 6.48. The van der Waals surface area contributed by atoms with E-state index in [1.54, 1.807) is 30.3 Å². The number of carbonyl (C=O) groups is 3. The third kappa shape index (κ3) is 8.19. The van der Waals surface area contributed by atoms with Crippen molar-refractivity contribution >= 4 is 17.9 Å². The number of ether oxygens (including phenoxy) is 2. The van der Waals surface area contributed by atoms with E-state index in [4.69, 9.17) is 9.47 Å². The number of benzene rings is 3. The minimum atomic E-state index is -0.687. The first-order valence-corrected chi connectivity index (χ1v) is 12.7. The third-order valence-corrected chi connectivity index (χ3v) is 5.93. The summed E-state index contributed by atoms with van der Waals surface area (Å²) >= 11 is 0. The molecule has 0 spiro atoms. The van der Waals surface area contributed by atoms with Gasteiger partial charge in [0.1, 0.15) is 0 Å². The first kappa shape index (κ1) is 26.9. The van der Waals surface area contributed by atoms with Crippen LogP contribution in [0.5, 0.6) is 0 Å². The van der Waals surface area contributed by atoms with Gasteiger partial charge in [-0.05, 0) is 85.2 Å². The molecule has 0 atom stereocenters. The van der Waals surface area contributed by atoms with E-state index in [9.17, 15) is 14.4 Å². The Hall–Kier alpha value is -3.73. The first-order valence-electron chi connectivity index (χ1n) is 12.7. The number of carbonyl (C=O) groups excluding carboxylic acids is 3. The summed E-state index contributed by atoms with van der Waals surface area (Å²) in [6.45, 7) is 4.52. The summed E-state index contributed by atoms with van der Waals surface area (Å²) < 4.78 is 10.5. The van der Waals surface area contributed by atoms with Crippen LogP contribution in [0.15, 0.2) is 72.8 Å². The van der Waals surface area contributed by atoms with Gasteiger partial charge in [0.05, 0.1) is 23.3 Å². The third-order valence-electron chi connectivity index (χ3n) is 5.93. The Morgan fingerprint density at radius 2 is 1.17 bits per heavy atom. The van der Waals surface area contributed by atoms with E-state index in [2.05, 4.69) is 13.8 Å². The predicted octanol–water partition coefficient (Wildman–Crippen LogP) is 6.77. The second kappa shape index (κ2) is 14.0. The zero-order valence-electron chi connectivity index (χ0n) is 21.1. The van der Waals surface area contributed by atoms with E-state index in [1.165, 1.54) is 5.56 Å². The molecule has 5 heteroatoms. The maximum absolute atomic E-state index is 12.5. The van der Waals surface area contributed by atoms with E-state index < -0.39 is 11.9 Å². The van der Waals surface area contributed by atoms with Crippen LogP contribution < -0.4 is 0 Å². The second-order valence-electron chi connectivity index (χ2n) is 8.86. The lowest BCUT2D eigenvalue weighted by molar-refractivity contribution is 0.0396. The van der Waals surface area contributed by atoms with Gasteiger partial charge in [0.15, 0.2) is 0 Å². The molecule has 0 aromatic heterocycles. The van der Waals surface area contributed by atoms with E-state index in [0.29, 0.717) is 29.5 Å². The number of hydrogen-bond acceptors (Lipinski definition) is 5. The fraction of sp³-hybridized carbons (Fsp3) is 0.323. The van der Waals surface area contributed by atoms with E-state index in [1.807, 2.05) is 42.5 Å². The Morgan fingerprint density at radius 1 is 0.583 bits per heavy atom. The summed E-state index contributed by atoms with van der Waals surface area (Å²) in [5.41, 5.74) is 4.46. The molecular formula is C31H34O5. The summed E-state index contributed by atoms with van der Waals surface area (Å²) in [4.78, 5) is 37.1. The SMILES string of the molecule is CCCCc1ccc(C(=O)OCCCc2cccc(C(=O)OC(=O)c3ccc(CCC)cc3)c2)cc1. The Morgan fingerprint density at radius 3 is 1.81 bits per heavy atom. The van der Waals surface area contributed by atoms with E-state index in [0.717, 1.165) is 43.2 Å². The van der Waals surface area contributed by atoms with Gasteiger partial charge in [0.25, 0.3) is 0 Å². The molecule has 188 valence electrons. The molecule has 0 aliphatic carbocycles. The molecule has 3 rings (SSSR count). The minimum absolute atomic E-state index is 0.275. The minimum Gasteiger partial charge on any atom is -0.462 e. The van der Waals surface area contributed by atoms with Gasteiger partial charge in [0.2, 0.25) is 0 Å². The summed E-state index contributed by atoms with van der Waals surface area (Å²) in [5.74, 6) is -1.69. The smallest absolute Gasteiger partial charge is 0.346 e. The van der Waals surface area contributed by atoms with Crippen LogP contribution in [0.3, 0.4) is 0 Å². The lowest BCUT2D eigenvalue weighted by Gasteiger charge is -2.08. The first-order chi connectivity index (χ1) is 17.5. The molecule has 0 aliphatic heterocycles. The molecule has 0 aliphatic rings. The molecule has 0 bridgehead atoms. The standard InChI is InChI=1S/C31H34O5/c1-3-5-9-24-15-17-26(18-16-24)29(32)35-21-7-11-25-10-6-12-28(22-25)31(34)36-30(33)27-19-13-23(8-4-2)14-20-27/h6,10,12-20,22H,3-5,7-9,11,21H2,1-2H3. The van der Waals surface area contributed by atoms with Crippen LogP contribution in [0.1, 0.15) is 87.3 Å². The predicted molar refractivity (Wildman–Crippen MR) is 140 cm³/mol. The molecule has 3 aromatic rings. The largest absolute Gasteiger partial charge is 0.462 e. The fourth-order valence-corrected chi connectivity index (χ4v) is 3.86. The Labute approximate surface area is 213 Å². The van der Waals surface area contributed by atoms with Crippen molar-refractivity contribution in [3.05, 3.63) is 106 Å². The molecule has 0 saturated heterocycles. The van der Waals surface area contributed by atoms with Gasteiger partial charge < -0.3 is 9.47 Å². The molecule has 0 amide bonds. The van der Waals surface area contributed by atoms with Gasteiger partial charge in [-0.2, -0.15) is 0 Å². The lowest BCUT2D eigenvalue weighted by Crippen LogP contribution is -2.13. The Kier molecular flexibility index (Phi) is 10.4. The van der Waals surface area contributed by atoms with Crippen molar-refractivity contribution < 1.29 is 23.9 Å². The Bertz CT molecular complexity index is 1150. The number of unbranched alkanes of at least 4 members (excludes halogenated alkanes) is 1. The molecule has 3 aromatic carbocycles. The average molecular weight is 487 g/mol. The fourth-order valence-electron chi connectivity index (χ4n) is 3.86. The molecule has 0 radical (unpaired) electrons. The highest BCUT2D eigenvalue weighted by atomic mass is 16.6. The van der Waals surface area contributed by atoms with E-state index >= 15 is 0 Å². The molecule has 0 saturated carbocycles. The number of rotatable bonds is 12. The summed E-state index contributed by atoms with van der Waals surface area (Å²) in [5, 5.41) is 0. The van der Waals surface area contributed by atoms with Gasteiger partial charge in [-0.3, -0.25) is 0 Å². The van der Waals surface area contributed by atoms with Gasteiger partial charge in [0, 0.05) is 0 Å². The topological polar surface area (TPSA) is 69.7 Å². The van der Waals surface area contributed by atoms with Crippen LogP contribution in [0, 0.1) is 0 Å². The highest BCUT2D eigenvalue weighted by Crippen LogP contribution is 2.13. The van der Waals surface area contributed by atoms with Crippen LogP contribution in [0.4, 0.5) is 0 Å². The zero-order valence-corrected chi connectivity index (χ0v) is 21.1. The van der Waals surface area contributed by atoms with Gasteiger partial charge in [-0.1, -0.05) is 63.1 Å². The van der Waals surface area contributed by atoms with Gasteiger partial charge in [-0.25, -0.2) is 14.4 Å². The molecule has 5 nitrogen and oxygen atoms in total. The number of aryl methyl sites for hydroxylation is 3. The highest BCUT2D eigenvalue weighted by molar-refractivity contribution is 6.02. The maximum atomic E-state index is 12.5. The average Bonchev–Trinajstić information content (AvgIpc) is 2.91. The summed E-state index contributed by atoms with van der Waals surface area (Å²) in [7, 11) is 0. The molecule has 0 unspecified atom stereocenters. The summed E-state index contributed by atoms with van der Waals surface area (Å²) in [6, 6.07) is 21.6. The quantitative estimate of drug-likeness (QED) is 0.161. The van der Waals surface area contributed by atoms with Crippen molar-refractivity contribution in [3.8, 4) is 0 Å². The molecule has 36 heavy (non-hydrogen) atoms. The van der Waals surface area contributed by atoms with Gasteiger partial charge in [-0.15, -0.1) is 0 Å². The van der Waals surface area contributed by atoms with Crippen molar-refractivity contribution in [1.29, 1.82) is 0 Å². The normalized spacial score (nSPS) is 10.6. The van der Waals surface area contributed by atoms with Crippen molar-refractivity contribution in [2.45, 2.75) is 58.8 Å². The zero-order chi connectivity index (χ0) is 25.8. The van der Waals surface area contributed by atoms with Crippen molar-refractivity contribution in [3.63, 3.8) is 0 Å². The van der Waals surface area contributed by atoms with E-state index in [-0.39, 0.29) is 12.6 Å².